The van der Waals surface area contributed by atoms with Crippen molar-refractivity contribution in [1.82, 2.24) is 0 Å². The molecule has 1 aromatic rings. The van der Waals surface area contributed by atoms with Crippen LogP contribution < -0.4 is 5.14 Å². The molecule has 0 heterocycles. The average Bonchev–Trinajstić information content (AvgIpc) is 2.01. The maximum atomic E-state index is 11.3. The molecule has 0 radical (unpaired) electrons. The summed E-state index contributed by atoms with van der Waals surface area (Å²) in [5.74, 6) is 0.136. The van der Waals surface area contributed by atoms with Crippen LogP contribution >= 0.6 is 15.9 Å². The van der Waals surface area contributed by atoms with Gasteiger partial charge in [-0.05, 0) is 23.6 Å². The number of benzene rings is 1. The van der Waals surface area contributed by atoms with Gasteiger partial charge in [-0.3, -0.25) is 0 Å². The number of sulfonamides is 1. The zero-order valence-corrected chi connectivity index (χ0v) is 10.4. The third-order valence-corrected chi connectivity index (χ3v) is 3.36. The number of hydrogen-bond acceptors (Lipinski definition) is 2. The van der Waals surface area contributed by atoms with Gasteiger partial charge in [-0.15, -0.1) is 0 Å². The van der Waals surface area contributed by atoms with Crippen molar-refractivity contribution in [2.24, 2.45) is 5.14 Å². The van der Waals surface area contributed by atoms with E-state index < -0.39 is 10.0 Å². The first-order valence-electron chi connectivity index (χ1n) is 4.14. The van der Waals surface area contributed by atoms with Crippen LogP contribution in [0.5, 0.6) is 0 Å². The molecule has 0 unspecified atom stereocenters. The number of primary sulfonamides is 1. The summed E-state index contributed by atoms with van der Waals surface area (Å²) in [4.78, 5) is 0.196. The van der Waals surface area contributed by atoms with Crippen LogP contribution in [-0.2, 0) is 10.0 Å². The number of halogens is 1. The van der Waals surface area contributed by atoms with E-state index in [-0.39, 0.29) is 10.8 Å². The molecule has 1 rings (SSSR count). The SMILES string of the molecule is CC(C)c1ccc(Br)cc1S(N)(=O)=O. The van der Waals surface area contributed by atoms with Crippen molar-refractivity contribution in [3.05, 3.63) is 28.2 Å². The third kappa shape index (κ3) is 2.56. The van der Waals surface area contributed by atoms with Gasteiger partial charge >= 0.3 is 0 Å². The molecule has 0 atom stereocenters. The monoisotopic (exact) mass is 277 g/mol. The fraction of sp³-hybridized carbons (Fsp3) is 0.333. The normalized spacial score (nSPS) is 12.1. The highest BCUT2D eigenvalue weighted by atomic mass is 79.9. The predicted octanol–water partition coefficient (Wildman–Crippen LogP) is 2.22. The summed E-state index contributed by atoms with van der Waals surface area (Å²) in [6.45, 7) is 3.86. The Balaban J connectivity index is 3.46. The third-order valence-electron chi connectivity index (χ3n) is 1.90. The van der Waals surface area contributed by atoms with E-state index in [2.05, 4.69) is 15.9 Å². The maximum Gasteiger partial charge on any atom is 0.238 e. The molecular formula is C9H12BrNO2S. The number of rotatable bonds is 2. The van der Waals surface area contributed by atoms with Crippen molar-refractivity contribution in [3.8, 4) is 0 Å². The Labute approximate surface area is 92.5 Å². The van der Waals surface area contributed by atoms with Gasteiger partial charge in [-0.2, -0.15) is 0 Å². The molecule has 14 heavy (non-hydrogen) atoms. The fourth-order valence-corrected chi connectivity index (χ4v) is 2.67. The molecular weight excluding hydrogens is 266 g/mol. The van der Waals surface area contributed by atoms with E-state index in [4.69, 9.17) is 5.14 Å². The summed E-state index contributed by atoms with van der Waals surface area (Å²) in [6.07, 6.45) is 0. The second-order valence-electron chi connectivity index (χ2n) is 3.38. The summed E-state index contributed by atoms with van der Waals surface area (Å²) < 4.78 is 23.2. The Hall–Kier alpha value is -0.390. The maximum absolute atomic E-state index is 11.3. The van der Waals surface area contributed by atoms with Gasteiger partial charge < -0.3 is 0 Å². The van der Waals surface area contributed by atoms with Crippen molar-refractivity contribution in [2.75, 3.05) is 0 Å². The fourth-order valence-electron chi connectivity index (χ4n) is 1.23. The zero-order chi connectivity index (χ0) is 10.9. The van der Waals surface area contributed by atoms with E-state index in [1.807, 2.05) is 19.9 Å². The first kappa shape index (κ1) is 11.7. The summed E-state index contributed by atoms with van der Waals surface area (Å²) in [5.41, 5.74) is 0.746. The van der Waals surface area contributed by atoms with E-state index in [1.54, 1.807) is 6.07 Å². The van der Waals surface area contributed by atoms with Gasteiger partial charge in [0.1, 0.15) is 0 Å². The van der Waals surface area contributed by atoms with Gasteiger partial charge in [-0.1, -0.05) is 35.8 Å². The average molecular weight is 278 g/mol. The summed E-state index contributed by atoms with van der Waals surface area (Å²) >= 11 is 3.22. The van der Waals surface area contributed by atoms with E-state index in [0.717, 1.165) is 5.56 Å². The molecule has 3 nitrogen and oxygen atoms in total. The molecule has 0 saturated heterocycles. The molecule has 0 aromatic heterocycles. The molecule has 0 bridgehead atoms. The van der Waals surface area contributed by atoms with Crippen molar-refractivity contribution >= 4 is 26.0 Å². The Kier molecular flexibility index (Phi) is 3.34. The van der Waals surface area contributed by atoms with E-state index in [0.29, 0.717) is 4.47 Å². The van der Waals surface area contributed by atoms with Gasteiger partial charge in [0.25, 0.3) is 0 Å². The van der Waals surface area contributed by atoms with Crippen LogP contribution in [0.2, 0.25) is 0 Å². The molecule has 0 saturated carbocycles. The van der Waals surface area contributed by atoms with Gasteiger partial charge in [-0.25, -0.2) is 13.6 Å². The lowest BCUT2D eigenvalue weighted by Gasteiger charge is -2.10. The van der Waals surface area contributed by atoms with Crippen LogP contribution in [0.3, 0.4) is 0 Å². The van der Waals surface area contributed by atoms with E-state index in [1.165, 1.54) is 6.07 Å². The van der Waals surface area contributed by atoms with Crippen molar-refractivity contribution < 1.29 is 8.42 Å². The molecule has 0 spiro atoms. The van der Waals surface area contributed by atoms with Crippen LogP contribution in [0.1, 0.15) is 25.3 Å². The van der Waals surface area contributed by atoms with Gasteiger partial charge in [0.2, 0.25) is 10.0 Å². The van der Waals surface area contributed by atoms with E-state index >= 15 is 0 Å². The standard InChI is InChI=1S/C9H12BrNO2S/c1-6(2)8-4-3-7(10)5-9(8)14(11,12)13/h3-6H,1-2H3,(H2,11,12,13). The highest BCUT2D eigenvalue weighted by Gasteiger charge is 2.16. The number of hydrogen-bond donors (Lipinski definition) is 1. The minimum atomic E-state index is -3.63. The molecule has 1 aromatic carbocycles. The van der Waals surface area contributed by atoms with Crippen molar-refractivity contribution in [2.45, 2.75) is 24.7 Å². The van der Waals surface area contributed by atoms with Gasteiger partial charge in [0.05, 0.1) is 4.90 Å². The second kappa shape index (κ2) is 4.00. The smallest absolute Gasteiger partial charge is 0.225 e. The molecule has 2 N–H and O–H groups in total. The predicted molar refractivity (Wildman–Crippen MR) is 59.6 cm³/mol. The lowest BCUT2D eigenvalue weighted by molar-refractivity contribution is 0.595. The highest BCUT2D eigenvalue weighted by molar-refractivity contribution is 9.10. The topological polar surface area (TPSA) is 60.2 Å². The minimum absolute atomic E-state index is 0.136. The van der Waals surface area contributed by atoms with Crippen LogP contribution in [0, 0.1) is 0 Å². The van der Waals surface area contributed by atoms with Gasteiger partial charge in [0, 0.05) is 4.47 Å². The van der Waals surface area contributed by atoms with Crippen LogP contribution in [-0.4, -0.2) is 8.42 Å². The Morgan fingerprint density at radius 2 is 1.93 bits per heavy atom. The zero-order valence-electron chi connectivity index (χ0n) is 7.99. The lowest BCUT2D eigenvalue weighted by atomic mass is 10.0. The van der Waals surface area contributed by atoms with Crippen LogP contribution in [0.15, 0.2) is 27.6 Å². The van der Waals surface area contributed by atoms with Crippen molar-refractivity contribution in [1.29, 1.82) is 0 Å². The summed E-state index contributed by atoms with van der Waals surface area (Å²) in [6, 6.07) is 5.11. The minimum Gasteiger partial charge on any atom is -0.225 e. The van der Waals surface area contributed by atoms with Crippen molar-refractivity contribution in [3.63, 3.8) is 0 Å². The Bertz CT molecular complexity index is 440. The Morgan fingerprint density at radius 3 is 2.36 bits per heavy atom. The molecule has 0 aliphatic rings. The first-order valence-corrected chi connectivity index (χ1v) is 6.48. The molecule has 5 heteroatoms. The Morgan fingerprint density at radius 1 is 1.36 bits per heavy atom. The largest absolute Gasteiger partial charge is 0.238 e. The molecule has 78 valence electrons. The molecule has 0 amide bonds. The highest BCUT2D eigenvalue weighted by Crippen LogP contribution is 2.25. The summed E-state index contributed by atoms with van der Waals surface area (Å²) in [7, 11) is -3.63. The quantitative estimate of drug-likeness (QED) is 0.901. The number of nitrogens with two attached hydrogens (primary N) is 1. The van der Waals surface area contributed by atoms with Crippen LogP contribution in [0.25, 0.3) is 0 Å². The first-order chi connectivity index (χ1) is 6.32. The summed E-state index contributed by atoms with van der Waals surface area (Å²) in [5, 5.41) is 5.12. The molecule has 0 aliphatic heterocycles. The lowest BCUT2D eigenvalue weighted by Crippen LogP contribution is -2.15. The molecule has 0 fully saturated rings. The second-order valence-corrected chi connectivity index (χ2v) is 5.83. The van der Waals surface area contributed by atoms with E-state index in [9.17, 15) is 8.42 Å². The van der Waals surface area contributed by atoms with Gasteiger partial charge in [0.15, 0.2) is 0 Å². The van der Waals surface area contributed by atoms with Crippen LogP contribution in [0.4, 0.5) is 0 Å². The molecule has 0 aliphatic carbocycles.